The van der Waals surface area contributed by atoms with Crippen molar-refractivity contribution in [3.63, 3.8) is 0 Å². The van der Waals surface area contributed by atoms with E-state index in [2.05, 4.69) is 15.1 Å². The van der Waals surface area contributed by atoms with Crippen molar-refractivity contribution in [3.8, 4) is 0 Å². The summed E-state index contributed by atoms with van der Waals surface area (Å²) in [7, 11) is 0. The minimum atomic E-state index is -2.39. The molecule has 88 valence electrons. The van der Waals surface area contributed by atoms with Crippen LogP contribution in [0.4, 0.5) is 8.78 Å². The molecule has 0 bridgehead atoms. The first kappa shape index (κ1) is 10.2. The smallest absolute Gasteiger partial charge is 0.248 e. The van der Waals surface area contributed by atoms with E-state index in [1.807, 2.05) is 6.20 Å². The molecule has 5 heteroatoms. The maximum Gasteiger partial charge on any atom is 0.248 e. The van der Waals surface area contributed by atoms with Crippen LogP contribution in [0.2, 0.25) is 0 Å². The van der Waals surface area contributed by atoms with Gasteiger partial charge in [0.2, 0.25) is 5.92 Å². The molecule has 0 amide bonds. The molecule has 0 aromatic carbocycles. The van der Waals surface area contributed by atoms with Gasteiger partial charge in [0.1, 0.15) is 0 Å². The Labute approximate surface area is 92.8 Å². The fourth-order valence-electron chi connectivity index (χ4n) is 2.72. The molecule has 1 saturated carbocycles. The van der Waals surface area contributed by atoms with Crippen LogP contribution in [0.3, 0.4) is 0 Å². The number of rotatable bonds is 2. The number of hydrogen-bond acceptors (Lipinski definition) is 2. The van der Waals surface area contributed by atoms with E-state index in [0.29, 0.717) is 0 Å². The summed E-state index contributed by atoms with van der Waals surface area (Å²) in [5.74, 6) is -2.20. The van der Waals surface area contributed by atoms with Crippen LogP contribution >= 0.6 is 0 Å². The third-order valence-electron chi connectivity index (χ3n) is 3.57. The van der Waals surface area contributed by atoms with Gasteiger partial charge in [0.25, 0.3) is 0 Å². The summed E-state index contributed by atoms with van der Waals surface area (Å²) < 4.78 is 25.4. The van der Waals surface area contributed by atoms with E-state index in [0.717, 1.165) is 26.1 Å². The van der Waals surface area contributed by atoms with E-state index in [1.54, 1.807) is 0 Å². The molecule has 0 atom stereocenters. The lowest BCUT2D eigenvalue weighted by atomic mass is 9.81. The Morgan fingerprint density at radius 1 is 1.50 bits per heavy atom. The normalized spacial score (nSPS) is 25.1. The van der Waals surface area contributed by atoms with Crippen molar-refractivity contribution in [2.75, 3.05) is 13.1 Å². The number of aromatic nitrogens is 2. The zero-order chi connectivity index (χ0) is 11.2. The molecule has 16 heavy (non-hydrogen) atoms. The van der Waals surface area contributed by atoms with Gasteiger partial charge in [0.05, 0.1) is 6.20 Å². The van der Waals surface area contributed by atoms with Crippen molar-refractivity contribution < 1.29 is 8.78 Å². The molecule has 1 N–H and O–H groups in total. The molecule has 0 radical (unpaired) electrons. The van der Waals surface area contributed by atoms with Gasteiger partial charge in [0, 0.05) is 50.2 Å². The number of nitrogens with one attached hydrogen (secondary N) is 1. The van der Waals surface area contributed by atoms with E-state index >= 15 is 0 Å². The first-order chi connectivity index (χ1) is 7.62. The molecule has 0 spiro atoms. The van der Waals surface area contributed by atoms with Gasteiger partial charge < -0.3 is 0 Å². The van der Waals surface area contributed by atoms with Gasteiger partial charge in [-0.2, -0.15) is 5.10 Å². The maximum absolute atomic E-state index is 12.7. The van der Waals surface area contributed by atoms with E-state index < -0.39 is 5.92 Å². The third-order valence-corrected chi connectivity index (χ3v) is 3.57. The highest BCUT2D eigenvalue weighted by atomic mass is 19.3. The van der Waals surface area contributed by atoms with Gasteiger partial charge in [0.15, 0.2) is 0 Å². The Bertz CT molecular complexity index is 380. The van der Waals surface area contributed by atoms with Crippen LogP contribution in [-0.4, -0.2) is 34.1 Å². The van der Waals surface area contributed by atoms with Gasteiger partial charge in [-0.3, -0.25) is 10.00 Å². The minimum Gasteiger partial charge on any atom is -0.298 e. The molecule has 0 unspecified atom stereocenters. The van der Waals surface area contributed by atoms with Crippen LogP contribution in [0.15, 0.2) is 6.20 Å². The molecule has 1 fully saturated rings. The number of aromatic amines is 1. The lowest BCUT2D eigenvalue weighted by molar-refractivity contribution is -0.117. The quantitative estimate of drug-likeness (QED) is 0.835. The van der Waals surface area contributed by atoms with E-state index in [-0.39, 0.29) is 18.8 Å². The van der Waals surface area contributed by atoms with Crippen LogP contribution in [0, 0.1) is 5.92 Å². The van der Waals surface area contributed by atoms with Crippen molar-refractivity contribution in [2.24, 2.45) is 5.92 Å². The summed E-state index contributed by atoms with van der Waals surface area (Å²) in [4.78, 5) is 2.26. The highest BCUT2D eigenvalue weighted by molar-refractivity contribution is 5.19. The predicted octanol–water partition coefficient (Wildman–Crippen LogP) is 1.81. The Kier molecular flexibility index (Phi) is 2.24. The molecule has 3 rings (SSSR count). The molecule has 1 aliphatic carbocycles. The zero-order valence-electron chi connectivity index (χ0n) is 9.05. The summed E-state index contributed by atoms with van der Waals surface area (Å²) in [6, 6.07) is 0. The topological polar surface area (TPSA) is 31.9 Å². The minimum absolute atomic E-state index is 0.0712. The third kappa shape index (κ3) is 1.84. The second kappa shape index (κ2) is 3.52. The summed E-state index contributed by atoms with van der Waals surface area (Å²) in [5.41, 5.74) is 2.42. The highest BCUT2D eigenvalue weighted by Crippen LogP contribution is 2.42. The Morgan fingerprint density at radius 2 is 2.31 bits per heavy atom. The number of H-pyrrole nitrogens is 1. The first-order valence-corrected chi connectivity index (χ1v) is 5.74. The highest BCUT2D eigenvalue weighted by Gasteiger charge is 2.45. The summed E-state index contributed by atoms with van der Waals surface area (Å²) in [6.07, 6.45) is 2.94. The van der Waals surface area contributed by atoms with Crippen LogP contribution in [-0.2, 0) is 13.0 Å². The number of fused-ring (bicyclic) bond motifs is 1. The number of nitrogens with zero attached hydrogens (tertiary/aromatic N) is 2. The largest absolute Gasteiger partial charge is 0.298 e. The van der Waals surface area contributed by atoms with Gasteiger partial charge in [-0.1, -0.05) is 0 Å². The molecule has 1 aromatic heterocycles. The predicted molar refractivity (Wildman–Crippen MR) is 55.2 cm³/mol. The Balaban J connectivity index is 1.55. The molecule has 1 aliphatic heterocycles. The molecule has 3 nitrogen and oxygen atoms in total. The van der Waals surface area contributed by atoms with Gasteiger partial charge >= 0.3 is 0 Å². The van der Waals surface area contributed by atoms with Crippen molar-refractivity contribution >= 4 is 0 Å². The van der Waals surface area contributed by atoms with E-state index in [4.69, 9.17) is 0 Å². The van der Waals surface area contributed by atoms with E-state index in [1.165, 1.54) is 11.3 Å². The van der Waals surface area contributed by atoms with Gasteiger partial charge in [-0.15, -0.1) is 0 Å². The summed E-state index contributed by atoms with van der Waals surface area (Å²) in [5, 5.41) is 6.98. The van der Waals surface area contributed by atoms with Crippen LogP contribution in [0.25, 0.3) is 0 Å². The average molecular weight is 227 g/mol. The lowest BCUT2D eigenvalue weighted by Crippen LogP contribution is -2.43. The lowest BCUT2D eigenvalue weighted by Gasteiger charge is -2.39. The molecular formula is C11H15F2N3. The second-order valence-corrected chi connectivity index (χ2v) is 4.99. The maximum atomic E-state index is 12.7. The van der Waals surface area contributed by atoms with E-state index in [9.17, 15) is 8.78 Å². The molecule has 0 saturated heterocycles. The number of hydrogen-bond donors (Lipinski definition) is 1. The zero-order valence-corrected chi connectivity index (χ0v) is 9.05. The standard InChI is InChI=1S/C11H15F2N3/c12-11(13)3-8(4-11)6-16-2-1-10-9(7-16)5-14-15-10/h5,8H,1-4,6-7H2,(H,14,15). The SMILES string of the molecule is FC1(F)CC(CN2CCc3[nH]ncc3C2)C1. The average Bonchev–Trinajstić information content (AvgIpc) is 2.61. The van der Waals surface area contributed by atoms with Crippen LogP contribution in [0.5, 0.6) is 0 Å². The van der Waals surface area contributed by atoms with Crippen molar-refractivity contribution in [1.82, 2.24) is 15.1 Å². The molecule has 1 aromatic rings. The van der Waals surface area contributed by atoms with Gasteiger partial charge in [-0.05, 0) is 5.92 Å². The summed E-state index contributed by atoms with van der Waals surface area (Å²) >= 11 is 0. The Hall–Kier alpha value is -0.970. The number of alkyl halides is 2. The van der Waals surface area contributed by atoms with Crippen LogP contribution in [0.1, 0.15) is 24.1 Å². The fourth-order valence-corrected chi connectivity index (χ4v) is 2.72. The first-order valence-electron chi connectivity index (χ1n) is 5.74. The second-order valence-electron chi connectivity index (χ2n) is 4.99. The van der Waals surface area contributed by atoms with Crippen molar-refractivity contribution in [2.45, 2.75) is 31.7 Å². The van der Waals surface area contributed by atoms with Crippen LogP contribution < -0.4 is 0 Å². The molecule has 2 heterocycles. The molecular weight excluding hydrogens is 212 g/mol. The van der Waals surface area contributed by atoms with Gasteiger partial charge in [-0.25, -0.2) is 8.78 Å². The monoisotopic (exact) mass is 227 g/mol. The molecule has 2 aliphatic rings. The number of halogens is 2. The van der Waals surface area contributed by atoms with Crippen molar-refractivity contribution in [3.05, 3.63) is 17.5 Å². The fraction of sp³-hybridized carbons (Fsp3) is 0.727. The van der Waals surface area contributed by atoms with Crippen molar-refractivity contribution in [1.29, 1.82) is 0 Å². The summed E-state index contributed by atoms with van der Waals surface area (Å²) in [6.45, 7) is 2.62. The Morgan fingerprint density at radius 3 is 3.06 bits per heavy atom.